The van der Waals surface area contributed by atoms with Crippen LogP contribution in [0.5, 0.6) is 0 Å². The summed E-state index contributed by atoms with van der Waals surface area (Å²) in [5, 5.41) is 14.2. The third-order valence-electron chi connectivity index (χ3n) is 5.88. The van der Waals surface area contributed by atoms with Gasteiger partial charge in [-0.1, -0.05) is 13.3 Å². The number of rotatable bonds is 6. The largest absolute Gasteiger partial charge is 0.387 e. The van der Waals surface area contributed by atoms with E-state index in [0.717, 1.165) is 52.5 Å². The average molecular weight is 415 g/mol. The number of hydrogen-bond acceptors (Lipinski definition) is 5. The van der Waals surface area contributed by atoms with Gasteiger partial charge in [0.05, 0.1) is 17.3 Å². The summed E-state index contributed by atoms with van der Waals surface area (Å²) >= 11 is 0. The summed E-state index contributed by atoms with van der Waals surface area (Å²) in [7, 11) is 0. The third-order valence-corrected chi connectivity index (χ3v) is 5.88. The van der Waals surface area contributed by atoms with Crippen molar-refractivity contribution in [3.05, 3.63) is 54.2 Å². The van der Waals surface area contributed by atoms with Gasteiger partial charge in [0.15, 0.2) is 0 Å². The number of pyridine rings is 3. The molecule has 1 saturated carbocycles. The number of carbonyl (C=O) groups is 1. The molecule has 0 spiro atoms. The Hall–Kier alpha value is -3.32. The molecule has 2 N–H and O–H groups in total. The van der Waals surface area contributed by atoms with E-state index in [1.165, 1.54) is 0 Å². The van der Waals surface area contributed by atoms with Crippen LogP contribution in [0.3, 0.4) is 0 Å². The number of nitrogens with zero attached hydrogens (tertiary/aromatic N) is 4. The lowest BCUT2D eigenvalue weighted by atomic mass is 10.00. The smallest absolute Gasteiger partial charge is 0.228 e. The number of aliphatic hydroxyl groups is 1. The van der Waals surface area contributed by atoms with Crippen molar-refractivity contribution >= 4 is 28.3 Å². The predicted octanol–water partition coefficient (Wildman–Crippen LogP) is 4.43. The molecule has 0 radical (unpaired) electrons. The van der Waals surface area contributed by atoms with Gasteiger partial charge in [-0.2, -0.15) is 0 Å². The first-order chi connectivity index (χ1) is 15.0. The molecule has 0 aliphatic heterocycles. The number of aliphatic hydroxyl groups excluding tert-OH is 1. The van der Waals surface area contributed by atoms with Gasteiger partial charge in [0.1, 0.15) is 11.5 Å². The molecule has 1 aliphatic rings. The van der Waals surface area contributed by atoms with Gasteiger partial charge >= 0.3 is 0 Å². The fourth-order valence-corrected chi connectivity index (χ4v) is 4.00. The fourth-order valence-electron chi connectivity index (χ4n) is 4.00. The molecule has 31 heavy (non-hydrogen) atoms. The molecule has 7 heteroatoms. The topological polar surface area (TPSA) is 92.4 Å². The lowest BCUT2D eigenvalue weighted by molar-refractivity contribution is -0.117. The minimum atomic E-state index is -0.547. The Labute approximate surface area is 180 Å². The van der Waals surface area contributed by atoms with E-state index in [1.54, 1.807) is 12.4 Å². The highest BCUT2D eigenvalue weighted by molar-refractivity contribution is 5.96. The standard InChI is InChI=1S/C24H25N5O2/c1-3-4-21(30)19-9-14(2)18(13-26-19)17-10-16-12-27-22(28-24(31)15-5-6-15)11-20(16)29-8-7-25-23(17)29/h7-13,15,21,30H,3-6H2,1-2H3,(H,27,28,31). The molecule has 1 aliphatic carbocycles. The zero-order chi connectivity index (χ0) is 21.5. The highest BCUT2D eigenvalue weighted by atomic mass is 16.3. The second-order valence-electron chi connectivity index (χ2n) is 8.30. The number of fused-ring (bicyclic) bond motifs is 3. The predicted molar refractivity (Wildman–Crippen MR) is 120 cm³/mol. The number of anilines is 1. The van der Waals surface area contributed by atoms with E-state index in [-0.39, 0.29) is 11.8 Å². The van der Waals surface area contributed by atoms with E-state index in [2.05, 4.69) is 26.3 Å². The number of aryl methyl sites for hydroxylation is 1. The van der Waals surface area contributed by atoms with Crippen molar-refractivity contribution in [3.8, 4) is 11.1 Å². The van der Waals surface area contributed by atoms with Gasteiger partial charge < -0.3 is 10.4 Å². The first kappa shape index (κ1) is 19.6. The summed E-state index contributed by atoms with van der Waals surface area (Å²) < 4.78 is 2.01. The maximum absolute atomic E-state index is 12.1. The number of amides is 1. The molecule has 4 heterocycles. The van der Waals surface area contributed by atoms with Crippen LogP contribution in [0.2, 0.25) is 0 Å². The molecule has 7 nitrogen and oxygen atoms in total. The van der Waals surface area contributed by atoms with Crippen molar-refractivity contribution in [3.63, 3.8) is 0 Å². The highest BCUT2D eigenvalue weighted by Crippen LogP contribution is 2.33. The minimum absolute atomic E-state index is 0.0393. The molecular formula is C24H25N5O2. The van der Waals surface area contributed by atoms with Crippen LogP contribution in [0.1, 0.15) is 50.0 Å². The van der Waals surface area contributed by atoms with Crippen molar-refractivity contribution in [1.82, 2.24) is 19.4 Å². The Morgan fingerprint density at radius 1 is 1.19 bits per heavy atom. The van der Waals surface area contributed by atoms with Crippen molar-refractivity contribution in [1.29, 1.82) is 0 Å². The molecular weight excluding hydrogens is 390 g/mol. The maximum Gasteiger partial charge on any atom is 0.228 e. The van der Waals surface area contributed by atoms with Crippen LogP contribution in [0.25, 0.3) is 27.7 Å². The summed E-state index contributed by atoms with van der Waals surface area (Å²) in [6.07, 6.45) is 10.2. The van der Waals surface area contributed by atoms with E-state index < -0.39 is 6.10 Å². The molecule has 4 aromatic heterocycles. The molecule has 0 aromatic carbocycles. The van der Waals surface area contributed by atoms with E-state index in [4.69, 9.17) is 0 Å². The van der Waals surface area contributed by atoms with Gasteiger partial charge in [-0.15, -0.1) is 0 Å². The molecule has 1 fully saturated rings. The Kier molecular flexibility index (Phi) is 4.90. The van der Waals surface area contributed by atoms with Crippen LogP contribution in [0.15, 0.2) is 43.0 Å². The molecule has 158 valence electrons. The summed E-state index contributed by atoms with van der Waals surface area (Å²) in [6, 6.07) is 5.90. The number of imidazole rings is 1. The molecule has 1 amide bonds. The summed E-state index contributed by atoms with van der Waals surface area (Å²) in [5.74, 6) is 0.721. The quantitative estimate of drug-likeness (QED) is 0.486. The van der Waals surface area contributed by atoms with Crippen molar-refractivity contribution in [2.45, 2.75) is 45.6 Å². The lowest BCUT2D eigenvalue weighted by Crippen LogP contribution is -2.14. The number of carbonyl (C=O) groups excluding carboxylic acids is 1. The summed E-state index contributed by atoms with van der Waals surface area (Å²) in [6.45, 7) is 4.07. The van der Waals surface area contributed by atoms with Gasteiger partial charge in [0, 0.05) is 53.3 Å². The van der Waals surface area contributed by atoms with E-state index in [0.29, 0.717) is 17.9 Å². The first-order valence-corrected chi connectivity index (χ1v) is 10.8. The van der Waals surface area contributed by atoms with Crippen molar-refractivity contribution < 1.29 is 9.90 Å². The summed E-state index contributed by atoms with van der Waals surface area (Å²) in [4.78, 5) is 25.7. The van der Waals surface area contributed by atoms with Crippen LogP contribution in [-0.4, -0.2) is 30.4 Å². The number of nitrogens with one attached hydrogen (secondary N) is 1. The van der Waals surface area contributed by atoms with Gasteiger partial charge in [-0.05, 0) is 43.9 Å². The van der Waals surface area contributed by atoms with E-state index in [1.807, 2.05) is 42.8 Å². The average Bonchev–Trinajstić information content (AvgIpc) is 3.50. The Balaban J connectivity index is 1.58. The van der Waals surface area contributed by atoms with Crippen molar-refractivity contribution in [2.24, 2.45) is 5.92 Å². The Morgan fingerprint density at radius 2 is 2.03 bits per heavy atom. The SMILES string of the molecule is CCCC(O)c1cc(C)c(-c2cc3cnc(NC(=O)C4CC4)cc3n3ccnc23)cn1. The second kappa shape index (κ2) is 7.74. The van der Waals surface area contributed by atoms with Crippen LogP contribution in [-0.2, 0) is 4.79 Å². The van der Waals surface area contributed by atoms with Crippen LogP contribution < -0.4 is 5.32 Å². The lowest BCUT2D eigenvalue weighted by Gasteiger charge is -2.14. The van der Waals surface area contributed by atoms with Gasteiger partial charge in [0.2, 0.25) is 5.91 Å². The molecule has 1 unspecified atom stereocenters. The summed E-state index contributed by atoms with van der Waals surface area (Å²) in [5.41, 5.74) is 5.39. The highest BCUT2D eigenvalue weighted by Gasteiger charge is 2.29. The molecule has 0 bridgehead atoms. The second-order valence-corrected chi connectivity index (χ2v) is 8.30. The minimum Gasteiger partial charge on any atom is -0.387 e. The normalized spacial score (nSPS) is 14.8. The Bertz CT molecular complexity index is 1290. The maximum atomic E-state index is 12.1. The van der Waals surface area contributed by atoms with Gasteiger partial charge in [-0.3, -0.25) is 14.2 Å². The molecule has 1 atom stereocenters. The molecule has 4 aromatic rings. The van der Waals surface area contributed by atoms with Crippen LogP contribution in [0.4, 0.5) is 5.82 Å². The Morgan fingerprint density at radius 3 is 2.77 bits per heavy atom. The third kappa shape index (κ3) is 3.65. The fraction of sp³-hybridized carbons (Fsp3) is 0.333. The monoisotopic (exact) mass is 415 g/mol. The first-order valence-electron chi connectivity index (χ1n) is 10.8. The van der Waals surface area contributed by atoms with Gasteiger partial charge in [0.25, 0.3) is 0 Å². The van der Waals surface area contributed by atoms with Crippen molar-refractivity contribution in [2.75, 3.05) is 5.32 Å². The zero-order valence-electron chi connectivity index (χ0n) is 17.7. The van der Waals surface area contributed by atoms with E-state index >= 15 is 0 Å². The van der Waals surface area contributed by atoms with E-state index in [9.17, 15) is 9.90 Å². The zero-order valence-corrected chi connectivity index (χ0v) is 17.7. The molecule has 5 rings (SSSR count). The molecule has 0 saturated heterocycles. The van der Waals surface area contributed by atoms with Crippen LogP contribution >= 0.6 is 0 Å². The van der Waals surface area contributed by atoms with Gasteiger partial charge in [-0.25, -0.2) is 9.97 Å². The number of aromatic nitrogens is 4. The number of hydrogen-bond donors (Lipinski definition) is 2. The van der Waals surface area contributed by atoms with Crippen LogP contribution in [0, 0.1) is 12.8 Å².